The molecule has 2 amide bonds. The molecular weight excluding hydrogens is 332 g/mol. The average molecular weight is 348 g/mol. The Morgan fingerprint density at radius 1 is 0.880 bits per heavy atom. The van der Waals surface area contributed by atoms with Crippen LogP contribution >= 0.6 is 12.2 Å². The molecule has 0 bridgehead atoms. The highest BCUT2D eigenvalue weighted by Gasteiger charge is 2.10. The second kappa shape index (κ2) is 7.23. The van der Waals surface area contributed by atoms with E-state index < -0.39 is 6.03 Å². The summed E-state index contributed by atoms with van der Waals surface area (Å²) in [5.74, 6) is -0.0202. The molecule has 0 saturated heterocycles. The maximum atomic E-state index is 12.2. The molecule has 0 atom stereocenters. The second-order valence-corrected chi connectivity index (χ2v) is 5.98. The van der Waals surface area contributed by atoms with E-state index in [9.17, 15) is 9.59 Å². The number of ketones is 1. The molecule has 0 aliphatic carbocycles. The van der Waals surface area contributed by atoms with Crippen molar-refractivity contribution in [3.05, 3.63) is 77.9 Å². The Morgan fingerprint density at radius 3 is 2.28 bits per heavy atom. The molecule has 0 spiro atoms. The molecule has 3 aromatic rings. The van der Waals surface area contributed by atoms with Gasteiger partial charge in [0.2, 0.25) is 0 Å². The van der Waals surface area contributed by atoms with Gasteiger partial charge in [0.15, 0.2) is 5.78 Å². The number of amides is 2. The van der Waals surface area contributed by atoms with E-state index in [1.54, 1.807) is 24.3 Å². The lowest BCUT2D eigenvalue weighted by Crippen LogP contribution is -2.33. The van der Waals surface area contributed by atoms with Crippen LogP contribution in [0.3, 0.4) is 0 Å². The van der Waals surface area contributed by atoms with Crippen molar-refractivity contribution in [3.63, 3.8) is 0 Å². The third-order valence-corrected chi connectivity index (χ3v) is 4.13. The number of urea groups is 1. The van der Waals surface area contributed by atoms with Gasteiger partial charge in [-0.25, -0.2) is 4.79 Å². The van der Waals surface area contributed by atoms with E-state index in [2.05, 4.69) is 10.6 Å². The third-order valence-electron chi connectivity index (χ3n) is 3.81. The summed E-state index contributed by atoms with van der Waals surface area (Å²) < 4.78 is 0. The molecule has 3 aromatic carbocycles. The predicted molar refractivity (Wildman–Crippen MR) is 104 cm³/mol. The van der Waals surface area contributed by atoms with Crippen LogP contribution in [0.25, 0.3) is 10.8 Å². The average Bonchev–Trinajstić information content (AvgIpc) is 2.61. The molecule has 0 saturated carbocycles. The predicted octanol–water partition coefficient (Wildman–Crippen LogP) is 4.54. The zero-order chi connectivity index (χ0) is 17.8. The van der Waals surface area contributed by atoms with Crippen molar-refractivity contribution >= 4 is 45.5 Å². The van der Waals surface area contributed by atoms with Crippen LogP contribution < -0.4 is 10.6 Å². The van der Waals surface area contributed by atoms with Gasteiger partial charge in [-0.15, -0.1) is 0 Å². The molecule has 0 aliphatic heterocycles. The molecule has 0 aliphatic rings. The van der Waals surface area contributed by atoms with E-state index >= 15 is 0 Å². The number of Topliss-reactive ketones (excluding diaryl/α,β-unsaturated/α-hetero) is 1. The molecule has 2 N–H and O–H groups in total. The van der Waals surface area contributed by atoms with E-state index in [0.717, 1.165) is 16.3 Å². The molecule has 0 radical (unpaired) electrons. The number of carbonyl (C=O) groups is 2. The van der Waals surface area contributed by atoms with Crippen LogP contribution in [0, 0.1) is 0 Å². The van der Waals surface area contributed by atoms with E-state index in [1.165, 1.54) is 6.92 Å². The monoisotopic (exact) mass is 348 g/mol. The van der Waals surface area contributed by atoms with Crippen LogP contribution in [0.15, 0.2) is 66.7 Å². The maximum absolute atomic E-state index is 12.2. The Balaban J connectivity index is 1.72. The molecule has 0 heterocycles. The van der Waals surface area contributed by atoms with Crippen LogP contribution in [0.5, 0.6) is 0 Å². The number of anilines is 1. The lowest BCUT2D eigenvalue weighted by Gasteiger charge is -2.11. The van der Waals surface area contributed by atoms with Gasteiger partial charge in [0, 0.05) is 16.8 Å². The molecule has 3 rings (SSSR count). The fourth-order valence-corrected chi connectivity index (χ4v) is 2.82. The van der Waals surface area contributed by atoms with E-state index in [0.29, 0.717) is 16.2 Å². The summed E-state index contributed by atoms with van der Waals surface area (Å²) in [4.78, 5) is 23.8. The van der Waals surface area contributed by atoms with Crippen molar-refractivity contribution in [2.45, 2.75) is 6.92 Å². The fraction of sp³-hybridized carbons (Fsp3) is 0.0500. The van der Waals surface area contributed by atoms with Crippen molar-refractivity contribution in [2.75, 3.05) is 5.32 Å². The standard InChI is InChI=1S/C20H16N2O2S/c1-13(23)14-9-11-16(12-10-14)21-20(24)22-19(25)18-8-4-6-15-5-2-3-7-17(15)18/h2-12H,1H3,(H2,21,22,24,25). The summed E-state index contributed by atoms with van der Waals surface area (Å²) >= 11 is 5.38. The van der Waals surface area contributed by atoms with E-state index in [-0.39, 0.29) is 5.78 Å². The van der Waals surface area contributed by atoms with Crippen molar-refractivity contribution in [2.24, 2.45) is 0 Å². The number of hydrogen-bond acceptors (Lipinski definition) is 3. The van der Waals surface area contributed by atoms with Gasteiger partial charge >= 0.3 is 6.03 Å². The minimum absolute atomic E-state index is 0.0202. The van der Waals surface area contributed by atoms with Crippen LogP contribution in [0.2, 0.25) is 0 Å². The summed E-state index contributed by atoms with van der Waals surface area (Å²) in [7, 11) is 0. The molecule has 0 aromatic heterocycles. The third kappa shape index (κ3) is 3.89. The topological polar surface area (TPSA) is 58.2 Å². The number of fused-ring (bicyclic) bond motifs is 1. The first-order chi connectivity index (χ1) is 12.0. The zero-order valence-corrected chi connectivity index (χ0v) is 14.4. The Kier molecular flexibility index (Phi) is 4.86. The molecule has 124 valence electrons. The molecular formula is C20H16N2O2S. The van der Waals surface area contributed by atoms with E-state index in [4.69, 9.17) is 12.2 Å². The second-order valence-electron chi connectivity index (χ2n) is 5.57. The number of nitrogens with one attached hydrogen (secondary N) is 2. The van der Waals surface area contributed by atoms with Gasteiger partial charge < -0.3 is 5.32 Å². The summed E-state index contributed by atoms with van der Waals surface area (Å²) in [5.41, 5.74) is 1.98. The Hall–Kier alpha value is -3.05. The van der Waals surface area contributed by atoms with Crippen LogP contribution in [-0.4, -0.2) is 16.8 Å². The highest BCUT2D eigenvalue weighted by Crippen LogP contribution is 2.19. The molecule has 5 heteroatoms. The number of hydrogen-bond donors (Lipinski definition) is 2. The summed E-state index contributed by atoms with van der Waals surface area (Å²) in [5, 5.41) is 7.44. The van der Waals surface area contributed by atoms with Crippen LogP contribution in [-0.2, 0) is 0 Å². The number of thiocarbonyl (C=S) groups is 1. The summed E-state index contributed by atoms with van der Waals surface area (Å²) in [6, 6.07) is 19.9. The Labute approximate surface area is 150 Å². The minimum Gasteiger partial charge on any atom is -0.308 e. The normalized spacial score (nSPS) is 10.3. The number of benzene rings is 3. The SMILES string of the molecule is CC(=O)c1ccc(NC(=O)NC(=S)c2cccc3ccccc23)cc1. The lowest BCUT2D eigenvalue weighted by molar-refractivity contribution is 0.101. The van der Waals surface area contributed by atoms with Gasteiger partial charge in [-0.3, -0.25) is 10.1 Å². The molecule has 25 heavy (non-hydrogen) atoms. The Morgan fingerprint density at radius 2 is 1.56 bits per heavy atom. The first-order valence-electron chi connectivity index (χ1n) is 7.76. The van der Waals surface area contributed by atoms with Crippen LogP contribution in [0.4, 0.5) is 10.5 Å². The zero-order valence-electron chi connectivity index (χ0n) is 13.6. The van der Waals surface area contributed by atoms with Gasteiger partial charge in [0.1, 0.15) is 4.99 Å². The first kappa shape index (κ1) is 16.8. The highest BCUT2D eigenvalue weighted by molar-refractivity contribution is 7.80. The summed E-state index contributed by atoms with van der Waals surface area (Å²) in [6.45, 7) is 1.50. The van der Waals surface area contributed by atoms with E-state index in [1.807, 2.05) is 42.5 Å². The maximum Gasteiger partial charge on any atom is 0.324 e. The lowest BCUT2D eigenvalue weighted by atomic mass is 10.0. The fourth-order valence-electron chi connectivity index (χ4n) is 2.54. The van der Waals surface area contributed by atoms with Crippen molar-refractivity contribution in [1.82, 2.24) is 5.32 Å². The van der Waals surface area contributed by atoms with Gasteiger partial charge in [-0.05, 0) is 42.0 Å². The van der Waals surface area contributed by atoms with Gasteiger partial charge in [-0.2, -0.15) is 0 Å². The smallest absolute Gasteiger partial charge is 0.308 e. The quantitative estimate of drug-likeness (QED) is 0.540. The van der Waals surface area contributed by atoms with Gasteiger partial charge in [0.05, 0.1) is 0 Å². The highest BCUT2D eigenvalue weighted by atomic mass is 32.1. The van der Waals surface area contributed by atoms with Gasteiger partial charge in [0.25, 0.3) is 0 Å². The number of carbonyl (C=O) groups excluding carboxylic acids is 2. The summed E-state index contributed by atoms with van der Waals surface area (Å²) in [6.07, 6.45) is 0. The minimum atomic E-state index is -0.423. The molecule has 4 nitrogen and oxygen atoms in total. The van der Waals surface area contributed by atoms with Crippen molar-refractivity contribution in [1.29, 1.82) is 0 Å². The van der Waals surface area contributed by atoms with Crippen molar-refractivity contribution < 1.29 is 9.59 Å². The Bertz CT molecular complexity index is 960. The number of rotatable bonds is 3. The largest absolute Gasteiger partial charge is 0.324 e. The van der Waals surface area contributed by atoms with Gasteiger partial charge in [-0.1, -0.05) is 54.7 Å². The molecule has 0 fully saturated rings. The first-order valence-corrected chi connectivity index (χ1v) is 8.16. The molecule has 0 unspecified atom stereocenters. The van der Waals surface area contributed by atoms with Crippen molar-refractivity contribution in [3.8, 4) is 0 Å². The van der Waals surface area contributed by atoms with Crippen LogP contribution in [0.1, 0.15) is 22.8 Å².